The SMILES string of the molecule is CC1(C(N)=O)CCN(S(=O)(=O)c2cccc(F)c2CN)C1. The summed E-state index contributed by atoms with van der Waals surface area (Å²) in [6.45, 7) is 1.57. The molecule has 0 saturated carbocycles. The summed E-state index contributed by atoms with van der Waals surface area (Å²) in [5.74, 6) is -1.20. The van der Waals surface area contributed by atoms with E-state index in [2.05, 4.69) is 0 Å². The summed E-state index contributed by atoms with van der Waals surface area (Å²) in [5.41, 5.74) is 9.82. The molecule has 1 unspecified atom stereocenters. The van der Waals surface area contributed by atoms with Crippen molar-refractivity contribution in [1.82, 2.24) is 4.31 Å². The van der Waals surface area contributed by atoms with Crippen LogP contribution in [0, 0.1) is 11.2 Å². The van der Waals surface area contributed by atoms with E-state index in [1.807, 2.05) is 0 Å². The number of carbonyl (C=O) groups is 1. The first-order chi connectivity index (χ1) is 9.72. The number of halogens is 1. The first-order valence-electron chi connectivity index (χ1n) is 6.50. The monoisotopic (exact) mass is 315 g/mol. The van der Waals surface area contributed by atoms with Gasteiger partial charge in [0.15, 0.2) is 0 Å². The van der Waals surface area contributed by atoms with E-state index in [-0.39, 0.29) is 30.1 Å². The second-order valence-corrected chi connectivity index (χ2v) is 7.34. The maximum absolute atomic E-state index is 13.7. The van der Waals surface area contributed by atoms with Gasteiger partial charge in [0.2, 0.25) is 15.9 Å². The minimum atomic E-state index is -3.90. The van der Waals surface area contributed by atoms with Gasteiger partial charge in [0.1, 0.15) is 5.82 Å². The van der Waals surface area contributed by atoms with Crippen molar-refractivity contribution < 1.29 is 17.6 Å². The molecule has 6 nitrogen and oxygen atoms in total. The second kappa shape index (κ2) is 5.36. The number of rotatable bonds is 4. The lowest BCUT2D eigenvalue weighted by Gasteiger charge is -2.22. The van der Waals surface area contributed by atoms with E-state index >= 15 is 0 Å². The largest absolute Gasteiger partial charge is 0.369 e. The van der Waals surface area contributed by atoms with Crippen molar-refractivity contribution in [2.24, 2.45) is 16.9 Å². The first-order valence-corrected chi connectivity index (χ1v) is 7.94. The van der Waals surface area contributed by atoms with Crippen molar-refractivity contribution in [1.29, 1.82) is 0 Å². The fourth-order valence-corrected chi connectivity index (χ4v) is 4.25. The second-order valence-electron chi connectivity index (χ2n) is 5.43. The molecule has 1 aromatic carbocycles. The van der Waals surface area contributed by atoms with Crippen LogP contribution in [0.5, 0.6) is 0 Å². The fourth-order valence-electron chi connectivity index (χ4n) is 2.44. The third kappa shape index (κ3) is 2.66. The summed E-state index contributed by atoms with van der Waals surface area (Å²) in [6.07, 6.45) is 0.342. The van der Waals surface area contributed by atoms with Crippen molar-refractivity contribution in [3.8, 4) is 0 Å². The molecule has 21 heavy (non-hydrogen) atoms. The zero-order valence-electron chi connectivity index (χ0n) is 11.7. The highest BCUT2D eigenvalue weighted by Crippen LogP contribution is 2.34. The van der Waals surface area contributed by atoms with Gasteiger partial charge in [0, 0.05) is 25.2 Å². The fraction of sp³-hybridized carbons (Fsp3) is 0.462. The van der Waals surface area contributed by atoms with Crippen LogP contribution in [0.1, 0.15) is 18.9 Å². The standard InChI is InChI=1S/C13H18FN3O3S/c1-13(12(16)18)5-6-17(8-13)21(19,20)11-4-2-3-10(14)9(11)7-15/h2-4H,5-8,15H2,1H3,(H2,16,18). The maximum atomic E-state index is 13.7. The quantitative estimate of drug-likeness (QED) is 0.826. The molecule has 1 amide bonds. The van der Waals surface area contributed by atoms with Crippen LogP contribution >= 0.6 is 0 Å². The van der Waals surface area contributed by atoms with Crippen LogP contribution in [0.25, 0.3) is 0 Å². The van der Waals surface area contributed by atoms with Gasteiger partial charge in [-0.3, -0.25) is 4.79 Å². The number of nitrogens with zero attached hydrogens (tertiary/aromatic N) is 1. The molecule has 0 aromatic heterocycles. The van der Waals surface area contributed by atoms with Crippen molar-refractivity contribution in [2.75, 3.05) is 13.1 Å². The van der Waals surface area contributed by atoms with Crippen LogP contribution in [0.3, 0.4) is 0 Å². The van der Waals surface area contributed by atoms with Gasteiger partial charge in [-0.2, -0.15) is 4.31 Å². The number of sulfonamides is 1. The highest BCUT2D eigenvalue weighted by molar-refractivity contribution is 7.89. The Bertz CT molecular complexity index is 677. The van der Waals surface area contributed by atoms with E-state index < -0.39 is 27.2 Å². The Balaban J connectivity index is 2.41. The number of nitrogens with two attached hydrogens (primary N) is 2. The van der Waals surface area contributed by atoms with Crippen LogP contribution in [-0.2, 0) is 21.4 Å². The Morgan fingerprint density at radius 3 is 2.67 bits per heavy atom. The van der Waals surface area contributed by atoms with Crippen molar-refractivity contribution in [2.45, 2.75) is 24.8 Å². The van der Waals surface area contributed by atoms with E-state index in [1.54, 1.807) is 6.92 Å². The van der Waals surface area contributed by atoms with Crippen LogP contribution in [0.15, 0.2) is 23.1 Å². The third-order valence-electron chi connectivity index (χ3n) is 3.93. The number of amides is 1. The molecule has 1 heterocycles. The number of carbonyl (C=O) groups excluding carboxylic acids is 1. The lowest BCUT2D eigenvalue weighted by Crippen LogP contribution is -2.38. The normalized spacial score (nSPS) is 23.4. The van der Waals surface area contributed by atoms with Gasteiger partial charge >= 0.3 is 0 Å². The summed E-state index contributed by atoms with van der Waals surface area (Å²) in [5, 5.41) is 0. The van der Waals surface area contributed by atoms with Gasteiger partial charge in [0.25, 0.3) is 0 Å². The number of primary amides is 1. The van der Waals surface area contributed by atoms with E-state index in [9.17, 15) is 17.6 Å². The summed E-state index contributed by atoms with van der Waals surface area (Å²) in [6, 6.07) is 3.81. The molecule has 116 valence electrons. The molecule has 1 saturated heterocycles. The van der Waals surface area contributed by atoms with Gasteiger partial charge in [-0.15, -0.1) is 0 Å². The Labute approximate surface area is 123 Å². The highest BCUT2D eigenvalue weighted by Gasteiger charge is 2.44. The Hall–Kier alpha value is -1.51. The smallest absolute Gasteiger partial charge is 0.243 e. The zero-order valence-corrected chi connectivity index (χ0v) is 12.5. The molecule has 0 radical (unpaired) electrons. The Kier molecular flexibility index (Phi) is 4.05. The molecule has 0 spiro atoms. The molecule has 1 fully saturated rings. The Morgan fingerprint density at radius 2 is 2.14 bits per heavy atom. The van der Waals surface area contributed by atoms with Crippen LogP contribution < -0.4 is 11.5 Å². The van der Waals surface area contributed by atoms with E-state index in [0.717, 1.165) is 4.31 Å². The van der Waals surface area contributed by atoms with Crippen molar-refractivity contribution in [3.63, 3.8) is 0 Å². The molecule has 1 atom stereocenters. The van der Waals surface area contributed by atoms with Gasteiger partial charge in [-0.1, -0.05) is 6.07 Å². The lowest BCUT2D eigenvalue weighted by molar-refractivity contribution is -0.126. The number of hydrogen-bond acceptors (Lipinski definition) is 4. The lowest BCUT2D eigenvalue weighted by atomic mass is 9.89. The van der Waals surface area contributed by atoms with Gasteiger partial charge in [0.05, 0.1) is 10.3 Å². The van der Waals surface area contributed by atoms with Crippen LogP contribution in [0.2, 0.25) is 0 Å². The number of benzene rings is 1. The van der Waals surface area contributed by atoms with E-state index in [4.69, 9.17) is 11.5 Å². The zero-order chi connectivity index (χ0) is 15.8. The molecule has 8 heteroatoms. The molecule has 1 aliphatic rings. The molecule has 1 aromatic rings. The molecular weight excluding hydrogens is 297 g/mol. The number of hydrogen-bond donors (Lipinski definition) is 2. The average Bonchev–Trinajstić information content (AvgIpc) is 2.83. The maximum Gasteiger partial charge on any atom is 0.243 e. The van der Waals surface area contributed by atoms with Crippen LogP contribution in [-0.4, -0.2) is 31.7 Å². The van der Waals surface area contributed by atoms with Gasteiger partial charge in [-0.25, -0.2) is 12.8 Å². The first kappa shape index (κ1) is 15.9. The topological polar surface area (TPSA) is 106 Å². The Morgan fingerprint density at radius 1 is 1.48 bits per heavy atom. The molecule has 4 N–H and O–H groups in total. The van der Waals surface area contributed by atoms with Crippen LogP contribution in [0.4, 0.5) is 4.39 Å². The molecule has 2 rings (SSSR count). The molecule has 1 aliphatic heterocycles. The third-order valence-corrected chi connectivity index (χ3v) is 5.86. The summed E-state index contributed by atoms with van der Waals surface area (Å²) >= 11 is 0. The predicted molar refractivity (Wildman–Crippen MR) is 75.0 cm³/mol. The van der Waals surface area contributed by atoms with Gasteiger partial charge < -0.3 is 11.5 Å². The summed E-state index contributed by atoms with van der Waals surface area (Å²) in [7, 11) is -3.90. The average molecular weight is 315 g/mol. The minimum absolute atomic E-state index is 0.00874. The molecule has 0 aliphatic carbocycles. The molecule has 0 bridgehead atoms. The molecular formula is C13H18FN3O3S. The van der Waals surface area contributed by atoms with Crippen molar-refractivity contribution in [3.05, 3.63) is 29.6 Å². The summed E-state index contributed by atoms with van der Waals surface area (Å²) in [4.78, 5) is 11.3. The highest BCUT2D eigenvalue weighted by atomic mass is 32.2. The predicted octanol–water partition coefficient (Wildman–Crippen LogP) is 0.170. The van der Waals surface area contributed by atoms with Gasteiger partial charge in [-0.05, 0) is 25.5 Å². The van der Waals surface area contributed by atoms with E-state index in [1.165, 1.54) is 18.2 Å². The van der Waals surface area contributed by atoms with E-state index in [0.29, 0.717) is 6.42 Å². The van der Waals surface area contributed by atoms with Crippen molar-refractivity contribution >= 4 is 15.9 Å². The summed E-state index contributed by atoms with van der Waals surface area (Å²) < 4.78 is 40.1. The minimum Gasteiger partial charge on any atom is -0.369 e.